The van der Waals surface area contributed by atoms with Crippen LogP contribution < -0.4 is 14.8 Å². The van der Waals surface area contributed by atoms with Crippen molar-refractivity contribution in [1.29, 1.82) is 0 Å². The number of imidazole rings is 1. The summed E-state index contributed by atoms with van der Waals surface area (Å²) in [6.07, 6.45) is 5.52. The molecule has 2 heterocycles. The number of nitrogens with one attached hydrogen (secondary N) is 1. The molecule has 7 nitrogen and oxygen atoms in total. The second kappa shape index (κ2) is 7.40. The Morgan fingerprint density at radius 3 is 2.61 bits per heavy atom. The zero-order valence-electron chi connectivity index (χ0n) is 15.4. The molecule has 1 N–H and O–H groups in total. The lowest BCUT2D eigenvalue weighted by molar-refractivity contribution is 0.102. The zero-order valence-corrected chi connectivity index (χ0v) is 15.4. The van der Waals surface area contributed by atoms with Crippen LogP contribution >= 0.6 is 0 Å². The number of nitrogens with zero attached hydrogens (tertiary/aromatic N) is 3. The summed E-state index contributed by atoms with van der Waals surface area (Å²) >= 11 is 0. The van der Waals surface area contributed by atoms with Crippen molar-refractivity contribution in [3.05, 3.63) is 72.7 Å². The normalized spacial score (nSPS) is 10.6. The van der Waals surface area contributed by atoms with Crippen LogP contribution in [0.3, 0.4) is 0 Å². The van der Waals surface area contributed by atoms with Crippen LogP contribution in [0.15, 0.2) is 67.1 Å². The van der Waals surface area contributed by atoms with Crippen molar-refractivity contribution in [1.82, 2.24) is 14.4 Å². The van der Waals surface area contributed by atoms with Gasteiger partial charge in [0.15, 0.2) is 0 Å². The Morgan fingerprint density at radius 1 is 1.07 bits per heavy atom. The van der Waals surface area contributed by atoms with Crippen LogP contribution in [0, 0.1) is 0 Å². The molecule has 0 unspecified atom stereocenters. The molecule has 0 fully saturated rings. The summed E-state index contributed by atoms with van der Waals surface area (Å²) in [6, 6.07) is 14.4. The third kappa shape index (κ3) is 3.37. The fourth-order valence-electron chi connectivity index (χ4n) is 2.88. The van der Waals surface area contributed by atoms with Gasteiger partial charge in [-0.2, -0.15) is 0 Å². The van der Waals surface area contributed by atoms with E-state index in [0.29, 0.717) is 28.5 Å². The third-order valence-electron chi connectivity index (χ3n) is 4.33. The maximum absolute atomic E-state index is 12.6. The van der Waals surface area contributed by atoms with Gasteiger partial charge >= 0.3 is 0 Å². The number of aromatic nitrogens is 3. The highest BCUT2D eigenvalue weighted by Crippen LogP contribution is 2.26. The number of carbonyl (C=O) groups is 1. The van der Waals surface area contributed by atoms with Gasteiger partial charge in [0, 0.05) is 35.9 Å². The Hall–Kier alpha value is -3.87. The molecule has 0 saturated carbocycles. The largest absolute Gasteiger partial charge is 0.497 e. The number of carbonyl (C=O) groups excluding carboxylic acids is 1. The lowest BCUT2D eigenvalue weighted by atomic mass is 10.1. The standard InChI is InChI=1S/C21H18N4O3/c1-27-16-8-9-17(19(12-16)28-2)20(26)23-15-6-4-14(5-7-15)18-13-25-11-3-10-22-21(25)24-18/h3-13H,1-2H3,(H,23,26). The number of ether oxygens (including phenoxy) is 2. The highest BCUT2D eigenvalue weighted by atomic mass is 16.5. The minimum Gasteiger partial charge on any atom is -0.497 e. The molecule has 0 saturated heterocycles. The van der Waals surface area contributed by atoms with E-state index in [1.807, 2.05) is 47.1 Å². The molecule has 4 rings (SSSR count). The summed E-state index contributed by atoms with van der Waals surface area (Å²) in [6.45, 7) is 0. The van der Waals surface area contributed by atoms with Crippen molar-refractivity contribution in [3.8, 4) is 22.8 Å². The van der Waals surface area contributed by atoms with Crippen molar-refractivity contribution in [2.75, 3.05) is 19.5 Å². The highest BCUT2D eigenvalue weighted by molar-refractivity contribution is 6.06. The molecule has 2 aromatic heterocycles. The molecule has 0 spiro atoms. The maximum atomic E-state index is 12.6. The van der Waals surface area contributed by atoms with Crippen LogP contribution in [-0.4, -0.2) is 34.5 Å². The van der Waals surface area contributed by atoms with E-state index in [1.54, 1.807) is 31.5 Å². The van der Waals surface area contributed by atoms with E-state index in [0.717, 1.165) is 11.3 Å². The molecule has 7 heteroatoms. The van der Waals surface area contributed by atoms with Crippen LogP contribution in [0.1, 0.15) is 10.4 Å². The average molecular weight is 374 g/mol. The lowest BCUT2D eigenvalue weighted by Crippen LogP contribution is -2.13. The fraction of sp³-hybridized carbons (Fsp3) is 0.0952. The smallest absolute Gasteiger partial charge is 0.259 e. The van der Waals surface area contributed by atoms with Gasteiger partial charge in [-0.3, -0.25) is 9.20 Å². The molecule has 140 valence electrons. The molecule has 2 aromatic carbocycles. The number of hydrogen-bond acceptors (Lipinski definition) is 5. The van der Waals surface area contributed by atoms with E-state index in [-0.39, 0.29) is 5.91 Å². The molecule has 1 amide bonds. The number of methoxy groups -OCH3 is 2. The SMILES string of the molecule is COc1ccc(C(=O)Nc2ccc(-c3cn4cccnc4n3)cc2)c(OC)c1. The lowest BCUT2D eigenvalue weighted by Gasteiger charge is -2.11. The first-order valence-electron chi connectivity index (χ1n) is 8.61. The highest BCUT2D eigenvalue weighted by Gasteiger charge is 2.14. The van der Waals surface area contributed by atoms with Gasteiger partial charge in [0.2, 0.25) is 5.78 Å². The van der Waals surface area contributed by atoms with Gasteiger partial charge < -0.3 is 14.8 Å². The predicted octanol–water partition coefficient (Wildman–Crippen LogP) is 3.67. The number of amides is 1. The molecule has 0 aliphatic heterocycles. The van der Waals surface area contributed by atoms with Gasteiger partial charge in [-0.15, -0.1) is 0 Å². The predicted molar refractivity (Wildman–Crippen MR) is 106 cm³/mol. The van der Waals surface area contributed by atoms with Gasteiger partial charge in [0.05, 0.1) is 25.5 Å². The van der Waals surface area contributed by atoms with E-state index in [4.69, 9.17) is 9.47 Å². The molecule has 0 bridgehead atoms. The first kappa shape index (κ1) is 17.5. The second-order valence-corrected chi connectivity index (χ2v) is 6.05. The average Bonchev–Trinajstić information content (AvgIpc) is 3.18. The second-order valence-electron chi connectivity index (χ2n) is 6.05. The summed E-state index contributed by atoms with van der Waals surface area (Å²) in [5.74, 6) is 1.45. The molecule has 0 aliphatic rings. The van der Waals surface area contributed by atoms with E-state index in [2.05, 4.69) is 15.3 Å². The van der Waals surface area contributed by atoms with Crippen molar-refractivity contribution in [2.45, 2.75) is 0 Å². The number of benzene rings is 2. The maximum Gasteiger partial charge on any atom is 0.259 e. The Labute approximate surface area is 161 Å². The number of hydrogen-bond donors (Lipinski definition) is 1. The van der Waals surface area contributed by atoms with E-state index in [1.165, 1.54) is 7.11 Å². The Bertz CT molecular complexity index is 1100. The molecular weight excluding hydrogens is 356 g/mol. The first-order valence-corrected chi connectivity index (χ1v) is 8.61. The van der Waals surface area contributed by atoms with Gasteiger partial charge in [-0.1, -0.05) is 12.1 Å². The molecular formula is C21H18N4O3. The first-order chi connectivity index (χ1) is 13.7. The number of rotatable bonds is 5. The quantitative estimate of drug-likeness (QED) is 0.577. The summed E-state index contributed by atoms with van der Waals surface area (Å²) in [7, 11) is 3.08. The third-order valence-corrected chi connectivity index (χ3v) is 4.33. The molecule has 0 atom stereocenters. The van der Waals surface area contributed by atoms with Crippen LogP contribution in [0.2, 0.25) is 0 Å². The van der Waals surface area contributed by atoms with Gasteiger partial charge in [0.1, 0.15) is 11.5 Å². The molecule has 28 heavy (non-hydrogen) atoms. The monoisotopic (exact) mass is 374 g/mol. The van der Waals surface area contributed by atoms with Crippen LogP contribution in [0.5, 0.6) is 11.5 Å². The van der Waals surface area contributed by atoms with Gasteiger partial charge in [-0.25, -0.2) is 9.97 Å². The van der Waals surface area contributed by atoms with Crippen LogP contribution in [0.25, 0.3) is 17.0 Å². The molecule has 0 radical (unpaired) electrons. The van der Waals surface area contributed by atoms with E-state index < -0.39 is 0 Å². The number of fused-ring (bicyclic) bond motifs is 1. The molecule has 4 aromatic rings. The summed E-state index contributed by atoms with van der Waals surface area (Å²) < 4.78 is 12.3. The Balaban J connectivity index is 1.54. The van der Waals surface area contributed by atoms with Crippen molar-refractivity contribution in [2.24, 2.45) is 0 Å². The van der Waals surface area contributed by atoms with Crippen LogP contribution in [-0.2, 0) is 0 Å². The van der Waals surface area contributed by atoms with Gasteiger partial charge in [-0.05, 0) is 30.3 Å². The topological polar surface area (TPSA) is 77.8 Å². The summed E-state index contributed by atoms with van der Waals surface area (Å²) in [5, 5.41) is 2.88. The number of anilines is 1. The van der Waals surface area contributed by atoms with E-state index >= 15 is 0 Å². The van der Waals surface area contributed by atoms with Crippen molar-refractivity contribution >= 4 is 17.4 Å². The Morgan fingerprint density at radius 2 is 1.89 bits per heavy atom. The minimum absolute atomic E-state index is 0.260. The fourth-order valence-corrected chi connectivity index (χ4v) is 2.88. The van der Waals surface area contributed by atoms with E-state index in [9.17, 15) is 4.79 Å². The Kier molecular flexibility index (Phi) is 4.63. The van der Waals surface area contributed by atoms with Crippen LogP contribution in [0.4, 0.5) is 5.69 Å². The minimum atomic E-state index is -0.260. The summed E-state index contributed by atoms with van der Waals surface area (Å²) in [5.41, 5.74) is 2.85. The van der Waals surface area contributed by atoms with Crippen molar-refractivity contribution in [3.63, 3.8) is 0 Å². The van der Waals surface area contributed by atoms with Gasteiger partial charge in [0.25, 0.3) is 5.91 Å². The molecule has 0 aliphatic carbocycles. The zero-order chi connectivity index (χ0) is 19.5. The van der Waals surface area contributed by atoms with Crippen molar-refractivity contribution < 1.29 is 14.3 Å². The summed E-state index contributed by atoms with van der Waals surface area (Å²) in [4.78, 5) is 21.3.